The lowest BCUT2D eigenvalue weighted by Crippen LogP contribution is -2.41. The minimum Gasteiger partial charge on any atom is -0.357 e. The zero-order valence-electron chi connectivity index (χ0n) is 13.9. The van der Waals surface area contributed by atoms with E-state index in [4.69, 9.17) is 27.9 Å². The van der Waals surface area contributed by atoms with E-state index in [1.807, 2.05) is 36.3 Å². The second-order valence-electron chi connectivity index (χ2n) is 5.83. The third-order valence-electron chi connectivity index (χ3n) is 4.13. The van der Waals surface area contributed by atoms with Gasteiger partial charge in [-0.3, -0.25) is 4.79 Å². The summed E-state index contributed by atoms with van der Waals surface area (Å²) in [6.45, 7) is 0. The van der Waals surface area contributed by atoms with Gasteiger partial charge in [-0.05, 0) is 17.7 Å². The second kappa shape index (κ2) is 7.94. The maximum atomic E-state index is 12.5. The van der Waals surface area contributed by atoms with Crippen LogP contribution in [0.4, 0.5) is 5.69 Å². The fourth-order valence-electron chi connectivity index (χ4n) is 2.96. The van der Waals surface area contributed by atoms with Crippen molar-refractivity contribution in [3.05, 3.63) is 69.2 Å². The third kappa shape index (κ3) is 3.76. The Balaban J connectivity index is 1.95. The van der Waals surface area contributed by atoms with Crippen LogP contribution in [-0.4, -0.2) is 25.2 Å². The van der Waals surface area contributed by atoms with Gasteiger partial charge in [0.15, 0.2) is 6.23 Å². The predicted molar refractivity (Wildman–Crippen MR) is 101 cm³/mol. The third-order valence-corrected chi connectivity index (χ3v) is 4.66. The summed E-state index contributed by atoms with van der Waals surface area (Å²) in [7, 11) is 1.45. The molecule has 0 saturated heterocycles. The van der Waals surface area contributed by atoms with Crippen molar-refractivity contribution in [1.29, 1.82) is 0 Å². The average Bonchev–Trinajstić information content (AvgIpc) is 2.61. The van der Waals surface area contributed by atoms with Gasteiger partial charge in [0.2, 0.25) is 5.91 Å². The smallest absolute Gasteiger partial charge is 0.225 e. The van der Waals surface area contributed by atoms with Gasteiger partial charge in [0.25, 0.3) is 0 Å². The highest BCUT2D eigenvalue weighted by molar-refractivity contribution is 6.35. The number of anilines is 1. The molecule has 2 atom stereocenters. The molecule has 1 amide bonds. The number of methoxy groups -OCH3 is 1. The highest BCUT2D eigenvalue weighted by Crippen LogP contribution is 2.41. The second-order valence-corrected chi connectivity index (χ2v) is 6.67. The minimum atomic E-state index is -0.755. The monoisotopic (exact) mass is 390 g/mol. The average molecular weight is 391 g/mol. The lowest BCUT2D eigenvalue weighted by molar-refractivity contribution is -0.121. The van der Waals surface area contributed by atoms with Crippen LogP contribution in [-0.2, 0) is 20.7 Å². The van der Waals surface area contributed by atoms with Crippen LogP contribution in [0.1, 0.15) is 17.2 Å². The molecular weight excluding hydrogens is 375 g/mol. The van der Waals surface area contributed by atoms with E-state index in [0.29, 0.717) is 21.3 Å². The Bertz CT molecular complexity index is 880. The number of carbonyl (C=O) groups excluding carboxylic acids is 2. The SMILES string of the molecule is CO[C@@H]1Nc2cc(Cl)cc(Cl)c2[C@@H](NC(=O)Cc2ccccc2)C1=C=O. The van der Waals surface area contributed by atoms with Crippen molar-refractivity contribution >= 4 is 40.7 Å². The summed E-state index contributed by atoms with van der Waals surface area (Å²) in [6.07, 6.45) is -0.564. The summed E-state index contributed by atoms with van der Waals surface area (Å²) in [5.41, 5.74) is 2.23. The van der Waals surface area contributed by atoms with Crippen molar-refractivity contribution in [3.8, 4) is 0 Å². The van der Waals surface area contributed by atoms with E-state index in [1.165, 1.54) is 7.11 Å². The van der Waals surface area contributed by atoms with Gasteiger partial charge in [-0.1, -0.05) is 53.5 Å². The number of amides is 1. The number of halogens is 2. The summed E-state index contributed by atoms with van der Waals surface area (Å²) in [4.78, 5) is 24.1. The molecule has 0 bridgehead atoms. The number of carbonyl (C=O) groups is 1. The minimum absolute atomic E-state index is 0.176. The fourth-order valence-corrected chi connectivity index (χ4v) is 3.57. The fraction of sp³-hybridized carbons (Fsp3) is 0.211. The Hall–Kier alpha value is -2.30. The molecule has 2 N–H and O–H groups in total. The van der Waals surface area contributed by atoms with E-state index < -0.39 is 12.3 Å². The summed E-state index contributed by atoms with van der Waals surface area (Å²) in [6, 6.07) is 11.8. The molecule has 0 aliphatic carbocycles. The molecule has 3 rings (SSSR count). The van der Waals surface area contributed by atoms with Crippen molar-refractivity contribution in [2.75, 3.05) is 12.4 Å². The Kier molecular flexibility index (Phi) is 5.64. The molecule has 1 heterocycles. The van der Waals surface area contributed by atoms with E-state index in [2.05, 4.69) is 10.6 Å². The first kappa shape index (κ1) is 18.5. The maximum Gasteiger partial charge on any atom is 0.225 e. The van der Waals surface area contributed by atoms with Gasteiger partial charge in [-0.15, -0.1) is 0 Å². The topological polar surface area (TPSA) is 67.4 Å². The van der Waals surface area contributed by atoms with Gasteiger partial charge in [-0.2, -0.15) is 0 Å². The highest BCUT2D eigenvalue weighted by atomic mass is 35.5. The van der Waals surface area contributed by atoms with Crippen molar-refractivity contribution in [1.82, 2.24) is 5.32 Å². The lowest BCUT2D eigenvalue weighted by atomic mass is 9.92. The van der Waals surface area contributed by atoms with Crippen molar-refractivity contribution in [2.24, 2.45) is 0 Å². The molecule has 0 radical (unpaired) electrons. The largest absolute Gasteiger partial charge is 0.357 e. The number of rotatable bonds is 4. The Morgan fingerprint density at radius 2 is 2.00 bits per heavy atom. The molecule has 1 aliphatic heterocycles. The molecular formula is C19H16Cl2N2O3. The molecule has 0 unspecified atom stereocenters. The van der Waals surface area contributed by atoms with Crippen LogP contribution in [0.5, 0.6) is 0 Å². The van der Waals surface area contributed by atoms with E-state index in [1.54, 1.807) is 12.1 Å². The standard InChI is InChI=1S/C19H16Cl2N2O3/c1-26-19-13(10-24)18(17-14(21)8-12(20)9-15(17)22-19)23-16(25)7-11-5-3-2-4-6-11/h2-6,8-9,18-19,22H,7H2,1H3,(H,23,25)/t18-,19-/m0/s1. The molecule has 26 heavy (non-hydrogen) atoms. The number of hydrogen-bond acceptors (Lipinski definition) is 4. The highest BCUT2D eigenvalue weighted by Gasteiger charge is 2.35. The number of benzene rings is 2. The zero-order chi connectivity index (χ0) is 18.7. The number of nitrogens with one attached hydrogen (secondary N) is 2. The predicted octanol–water partition coefficient (Wildman–Crippen LogP) is 3.55. The number of fused-ring (bicyclic) bond motifs is 1. The summed E-state index contributed by atoms with van der Waals surface area (Å²) < 4.78 is 5.31. The lowest BCUT2D eigenvalue weighted by Gasteiger charge is -2.34. The van der Waals surface area contributed by atoms with Gasteiger partial charge in [-0.25, -0.2) is 4.79 Å². The first-order valence-corrected chi connectivity index (χ1v) is 8.65. The van der Waals surface area contributed by atoms with Crippen molar-refractivity contribution in [3.63, 3.8) is 0 Å². The van der Waals surface area contributed by atoms with E-state index >= 15 is 0 Å². The number of hydrogen-bond donors (Lipinski definition) is 2. The molecule has 0 fully saturated rings. The van der Waals surface area contributed by atoms with Gasteiger partial charge in [0.1, 0.15) is 5.94 Å². The van der Waals surface area contributed by atoms with Crippen LogP contribution in [0.25, 0.3) is 0 Å². The zero-order valence-corrected chi connectivity index (χ0v) is 15.4. The van der Waals surface area contributed by atoms with E-state index in [9.17, 15) is 9.59 Å². The molecule has 5 nitrogen and oxygen atoms in total. The van der Waals surface area contributed by atoms with E-state index in [-0.39, 0.29) is 17.9 Å². The first-order valence-electron chi connectivity index (χ1n) is 7.90. The maximum absolute atomic E-state index is 12.5. The van der Waals surface area contributed by atoms with Gasteiger partial charge in [0, 0.05) is 28.4 Å². The molecule has 1 aliphatic rings. The van der Waals surface area contributed by atoms with Gasteiger partial charge in [0.05, 0.1) is 18.0 Å². The van der Waals surface area contributed by atoms with Crippen LogP contribution in [0, 0.1) is 0 Å². The molecule has 0 saturated carbocycles. The summed E-state index contributed by atoms with van der Waals surface area (Å²) in [5.74, 6) is 1.63. The van der Waals surface area contributed by atoms with Crippen LogP contribution in [0.3, 0.4) is 0 Å². The van der Waals surface area contributed by atoms with Crippen LogP contribution in [0.15, 0.2) is 48.0 Å². The van der Waals surface area contributed by atoms with Crippen molar-refractivity contribution < 1.29 is 14.3 Å². The molecule has 7 heteroatoms. The normalized spacial score (nSPS) is 18.5. The quantitative estimate of drug-likeness (QED) is 0.783. The van der Waals surface area contributed by atoms with Crippen LogP contribution < -0.4 is 10.6 Å². The van der Waals surface area contributed by atoms with E-state index in [0.717, 1.165) is 5.56 Å². The molecule has 0 aromatic heterocycles. The molecule has 2 aromatic rings. The number of ether oxygens (including phenoxy) is 1. The summed E-state index contributed by atoms with van der Waals surface area (Å²) in [5, 5.41) is 6.68. The summed E-state index contributed by atoms with van der Waals surface area (Å²) >= 11 is 12.4. The van der Waals surface area contributed by atoms with Crippen LogP contribution in [0.2, 0.25) is 10.0 Å². The van der Waals surface area contributed by atoms with Crippen molar-refractivity contribution in [2.45, 2.75) is 18.7 Å². The Morgan fingerprint density at radius 1 is 1.27 bits per heavy atom. The molecule has 0 spiro atoms. The Labute approximate surface area is 160 Å². The van der Waals surface area contributed by atoms with Crippen LogP contribution >= 0.6 is 23.2 Å². The Morgan fingerprint density at radius 3 is 2.65 bits per heavy atom. The van der Waals surface area contributed by atoms with Gasteiger partial charge >= 0.3 is 0 Å². The molecule has 2 aromatic carbocycles. The first-order chi connectivity index (χ1) is 12.5. The van der Waals surface area contributed by atoms with Gasteiger partial charge < -0.3 is 15.4 Å². The molecule has 134 valence electrons.